The SMILES string of the molecule is CCc1ccc(OCCC(=O)Nc2ccc(C)cc2Br)cc1. The van der Waals surface area contributed by atoms with Gasteiger partial charge in [-0.3, -0.25) is 4.79 Å². The number of rotatable bonds is 6. The molecule has 22 heavy (non-hydrogen) atoms. The van der Waals surface area contributed by atoms with E-state index in [1.54, 1.807) is 0 Å². The fourth-order valence-electron chi connectivity index (χ4n) is 2.02. The Morgan fingerprint density at radius 2 is 1.91 bits per heavy atom. The molecule has 2 aromatic carbocycles. The van der Waals surface area contributed by atoms with E-state index in [1.165, 1.54) is 5.56 Å². The molecule has 0 spiro atoms. The zero-order chi connectivity index (χ0) is 15.9. The van der Waals surface area contributed by atoms with Gasteiger partial charge in [-0.15, -0.1) is 0 Å². The van der Waals surface area contributed by atoms with Crippen LogP contribution in [0.25, 0.3) is 0 Å². The van der Waals surface area contributed by atoms with Gasteiger partial charge in [-0.25, -0.2) is 0 Å². The van der Waals surface area contributed by atoms with Crippen LogP contribution in [0.2, 0.25) is 0 Å². The summed E-state index contributed by atoms with van der Waals surface area (Å²) in [4.78, 5) is 11.9. The van der Waals surface area contributed by atoms with Gasteiger partial charge >= 0.3 is 0 Å². The van der Waals surface area contributed by atoms with Crippen LogP contribution in [-0.2, 0) is 11.2 Å². The van der Waals surface area contributed by atoms with Crippen molar-refractivity contribution in [1.82, 2.24) is 0 Å². The minimum absolute atomic E-state index is 0.0604. The molecule has 2 rings (SSSR count). The van der Waals surface area contributed by atoms with Crippen molar-refractivity contribution in [2.24, 2.45) is 0 Å². The molecule has 0 aromatic heterocycles. The Bertz CT molecular complexity index is 638. The predicted octanol–water partition coefficient (Wildman–Crippen LogP) is 4.73. The van der Waals surface area contributed by atoms with Crippen LogP contribution in [-0.4, -0.2) is 12.5 Å². The number of halogens is 1. The fraction of sp³-hybridized carbons (Fsp3) is 0.278. The van der Waals surface area contributed by atoms with Gasteiger partial charge in [0.1, 0.15) is 5.75 Å². The average Bonchev–Trinajstić information content (AvgIpc) is 2.51. The molecule has 0 aliphatic heterocycles. The number of aryl methyl sites for hydroxylation is 2. The maximum absolute atomic E-state index is 11.9. The molecule has 0 aliphatic rings. The van der Waals surface area contributed by atoms with Crippen molar-refractivity contribution in [1.29, 1.82) is 0 Å². The van der Waals surface area contributed by atoms with Crippen LogP contribution in [0.4, 0.5) is 5.69 Å². The second-order valence-electron chi connectivity index (χ2n) is 5.13. The number of anilines is 1. The van der Waals surface area contributed by atoms with E-state index in [2.05, 4.69) is 28.2 Å². The lowest BCUT2D eigenvalue weighted by Gasteiger charge is -2.09. The van der Waals surface area contributed by atoms with Gasteiger partial charge in [-0.1, -0.05) is 25.1 Å². The molecule has 0 fully saturated rings. The first-order chi connectivity index (χ1) is 10.6. The van der Waals surface area contributed by atoms with E-state index in [9.17, 15) is 4.79 Å². The Hall–Kier alpha value is -1.81. The normalized spacial score (nSPS) is 10.3. The smallest absolute Gasteiger partial charge is 0.227 e. The zero-order valence-corrected chi connectivity index (χ0v) is 14.4. The van der Waals surface area contributed by atoms with Gasteiger partial charge in [0.15, 0.2) is 0 Å². The summed E-state index contributed by atoms with van der Waals surface area (Å²) in [6.07, 6.45) is 1.32. The number of amides is 1. The van der Waals surface area contributed by atoms with Gasteiger partial charge < -0.3 is 10.1 Å². The quantitative estimate of drug-likeness (QED) is 0.807. The molecular weight excluding hydrogens is 342 g/mol. The predicted molar refractivity (Wildman–Crippen MR) is 93.4 cm³/mol. The van der Waals surface area contributed by atoms with E-state index in [0.717, 1.165) is 27.9 Å². The molecule has 0 heterocycles. The average molecular weight is 362 g/mol. The van der Waals surface area contributed by atoms with Crippen LogP contribution < -0.4 is 10.1 Å². The van der Waals surface area contributed by atoms with Crippen molar-refractivity contribution in [2.45, 2.75) is 26.7 Å². The number of hydrogen-bond donors (Lipinski definition) is 1. The highest BCUT2D eigenvalue weighted by Gasteiger charge is 2.06. The Kier molecular flexibility index (Phi) is 6.01. The summed E-state index contributed by atoms with van der Waals surface area (Å²) in [6.45, 7) is 4.48. The molecular formula is C18H20BrNO2. The first kappa shape index (κ1) is 16.6. The summed E-state index contributed by atoms with van der Waals surface area (Å²) >= 11 is 3.45. The Balaban J connectivity index is 1.79. The fourth-order valence-corrected chi connectivity index (χ4v) is 2.61. The Morgan fingerprint density at radius 1 is 1.18 bits per heavy atom. The van der Waals surface area contributed by atoms with Crippen molar-refractivity contribution in [3.8, 4) is 5.75 Å². The van der Waals surface area contributed by atoms with Crippen molar-refractivity contribution in [3.05, 3.63) is 58.1 Å². The number of carbonyl (C=O) groups is 1. The second-order valence-corrected chi connectivity index (χ2v) is 5.98. The van der Waals surface area contributed by atoms with Gasteiger partial charge in [-0.2, -0.15) is 0 Å². The Labute approximate surface area is 139 Å². The molecule has 0 bridgehead atoms. The van der Waals surface area contributed by atoms with E-state index in [4.69, 9.17) is 4.74 Å². The molecule has 0 unspecified atom stereocenters. The highest BCUT2D eigenvalue weighted by molar-refractivity contribution is 9.10. The molecule has 0 atom stereocenters. The lowest BCUT2D eigenvalue weighted by atomic mass is 10.2. The number of carbonyl (C=O) groups excluding carboxylic acids is 1. The van der Waals surface area contributed by atoms with Crippen LogP contribution in [0, 0.1) is 6.92 Å². The molecule has 0 saturated heterocycles. The summed E-state index contributed by atoms with van der Waals surface area (Å²) in [5.74, 6) is 0.733. The third-order valence-corrected chi connectivity index (χ3v) is 3.98. The molecule has 3 nitrogen and oxygen atoms in total. The first-order valence-corrected chi connectivity index (χ1v) is 8.15. The molecule has 1 N–H and O–H groups in total. The van der Waals surface area contributed by atoms with E-state index in [0.29, 0.717) is 13.0 Å². The van der Waals surface area contributed by atoms with Crippen molar-refractivity contribution >= 4 is 27.5 Å². The van der Waals surface area contributed by atoms with Gasteiger partial charge in [0, 0.05) is 4.47 Å². The number of ether oxygens (including phenoxy) is 1. The lowest BCUT2D eigenvalue weighted by molar-refractivity contribution is -0.116. The standard InChI is InChI=1S/C18H20BrNO2/c1-3-14-5-7-15(8-6-14)22-11-10-18(21)20-17-9-4-13(2)12-16(17)19/h4-9,12H,3,10-11H2,1-2H3,(H,20,21). The summed E-state index contributed by atoms with van der Waals surface area (Å²) < 4.78 is 6.48. The van der Waals surface area contributed by atoms with Crippen molar-refractivity contribution < 1.29 is 9.53 Å². The minimum Gasteiger partial charge on any atom is -0.493 e. The summed E-state index contributed by atoms with van der Waals surface area (Å²) in [6, 6.07) is 13.8. The maximum atomic E-state index is 11.9. The van der Waals surface area contributed by atoms with Crippen LogP contribution in [0.1, 0.15) is 24.5 Å². The van der Waals surface area contributed by atoms with Crippen molar-refractivity contribution in [2.75, 3.05) is 11.9 Å². The Morgan fingerprint density at radius 3 is 2.55 bits per heavy atom. The molecule has 0 saturated carbocycles. The number of hydrogen-bond acceptors (Lipinski definition) is 2. The topological polar surface area (TPSA) is 38.3 Å². The first-order valence-electron chi connectivity index (χ1n) is 7.36. The highest BCUT2D eigenvalue weighted by atomic mass is 79.9. The maximum Gasteiger partial charge on any atom is 0.227 e. The number of nitrogens with one attached hydrogen (secondary N) is 1. The number of benzene rings is 2. The monoisotopic (exact) mass is 361 g/mol. The largest absolute Gasteiger partial charge is 0.493 e. The van der Waals surface area contributed by atoms with Crippen molar-refractivity contribution in [3.63, 3.8) is 0 Å². The molecule has 1 amide bonds. The van der Waals surface area contributed by atoms with Gasteiger partial charge in [0.25, 0.3) is 0 Å². The summed E-state index contributed by atoms with van der Waals surface area (Å²) in [7, 11) is 0. The molecule has 0 aliphatic carbocycles. The van der Waals surface area contributed by atoms with E-state index in [-0.39, 0.29) is 5.91 Å². The van der Waals surface area contributed by atoms with E-state index in [1.807, 2.05) is 49.4 Å². The second kappa shape index (κ2) is 7.99. The summed E-state index contributed by atoms with van der Waals surface area (Å²) in [5, 5.41) is 2.88. The minimum atomic E-state index is -0.0604. The lowest BCUT2D eigenvalue weighted by Crippen LogP contribution is -2.15. The zero-order valence-electron chi connectivity index (χ0n) is 12.9. The third-order valence-electron chi connectivity index (χ3n) is 3.33. The molecule has 0 radical (unpaired) electrons. The van der Waals surface area contributed by atoms with Crippen LogP contribution in [0.3, 0.4) is 0 Å². The molecule has 4 heteroatoms. The van der Waals surface area contributed by atoms with Gasteiger partial charge in [0.05, 0.1) is 18.7 Å². The van der Waals surface area contributed by atoms with E-state index < -0.39 is 0 Å². The van der Waals surface area contributed by atoms with Gasteiger partial charge in [0.2, 0.25) is 5.91 Å². The molecule has 2 aromatic rings. The van der Waals surface area contributed by atoms with Crippen LogP contribution in [0.5, 0.6) is 5.75 Å². The third kappa shape index (κ3) is 4.88. The van der Waals surface area contributed by atoms with E-state index >= 15 is 0 Å². The van der Waals surface area contributed by atoms with Crippen LogP contribution >= 0.6 is 15.9 Å². The van der Waals surface area contributed by atoms with Gasteiger partial charge in [-0.05, 0) is 64.7 Å². The van der Waals surface area contributed by atoms with Crippen LogP contribution in [0.15, 0.2) is 46.9 Å². The highest BCUT2D eigenvalue weighted by Crippen LogP contribution is 2.23. The molecule has 116 valence electrons. The summed E-state index contributed by atoms with van der Waals surface area (Å²) in [5.41, 5.74) is 3.20.